The molecule has 2 aromatic rings. The minimum absolute atomic E-state index is 0.165. The molecule has 1 amide bonds. The first-order chi connectivity index (χ1) is 15.1. The van der Waals surface area contributed by atoms with Crippen LogP contribution in [0.2, 0.25) is 0 Å². The molecule has 2 saturated heterocycles. The van der Waals surface area contributed by atoms with E-state index in [0.717, 1.165) is 51.1 Å². The lowest BCUT2D eigenvalue weighted by atomic mass is 10.0. The van der Waals surface area contributed by atoms with Crippen molar-refractivity contribution in [1.29, 1.82) is 0 Å². The Morgan fingerprint density at radius 2 is 1.81 bits per heavy atom. The molecular formula is C26H32FN3O. The van der Waals surface area contributed by atoms with Crippen LogP contribution in [-0.2, 0) is 17.6 Å². The Labute approximate surface area is 184 Å². The zero-order valence-electron chi connectivity index (χ0n) is 18.4. The first-order valence-electron chi connectivity index (χ1n) is 11.8. The number of rotatable bonds is 5. The molecule has 4 nitrogen and oxygen atoms in total. The molecule has 0 saturated carbocycles. The van der Waals surface area contributed by atoms with Gasteiger partial charge in [-0.15, -0.1) is 0 Å². The maximum Gasteiger partial charge on any atom is 0.227 e. The predicted octanol–water partition coefficient (Wildman–Crippen LogP) is 4.41. The Morgan fingerprint density at radius 3 is 2.52 bits per heavy atom. The zero-order chi connectivity index (χ0) is 21.4. The van der Waals surface area contributed by atoms with Gasteiger partial charge in [-0.2, -0.15) is 0 Å². The summed E-state index contributed by atoms with van der Waals surface area (Å²) in [7, 11) is 0. The van der Waals surface area contributed by atoms with Crippen LogP contribution >= 0.6 is 0 Å². The third-order valence-corrected chi connectivity index (χ3v) is 7.30. The topological polar surface area (TPSA) is 26.8 Å². The van der Waals surface area contributed by atoms with E-state index in [-0.39, 0.29) is 11.7 Å². The van der Waals surface area contributed by atoms with Crippen molar-refractivity contribution < 1.29 is 9.18 Å². The third kappa shape index (κ3) is 4.20. The van der Waals surface area contributed by atoms with Gasteiger partial charge in [0.2, 0.25) is 5.91 Å². The number of hydrogen-bond donors (Lipinski definition) is 0. The second-order valence-corrected chi connectivity index (χ2v) is 9.37. The predicted molar refractivity (Wildman–Crippen MR) is 123 cm³/mol. The molecule has 2 aromatic carbocycles. The van der Waals surface area contributed by atoms with Gasteiger partial charge in [0.25, 0.3) is 0 Å². The Balaban J connectivity index is 1.22. The van der Waals surface area contributed by atoms with Crippen LogP contribution in [-0.4, -0.2) is 49.1 Å². The van der Waals surface area contributed by atoms with Crippen LogP contribution in [0.4, 0.5) is 15.8 Å². The fraction of sp³-hybridized carbons (Fsp3) is 0.500. The van der Waals surface area contributed by atoms with Crippen molar-refractivity contribution in [1.82, 2.24) is 4.90 Å². The van der Waals surface area contributed by atoms with Crippen molar-refractivity contribution in [2.75, 3.05) is 36.0 Å². The van der Waals surface area contributed by atoms with Crippen molar-refractivity contribution in [3.63, 3.8) is 0 Å². The van der Waals surface area contributed by atoms with E-state index in [1.54, 1.807) is 12.1 Å². The smallest absolute Gasteiger partial charge is 0.227 e. The summed E-state index contributed by atoms with van der Waals surface area (Å²) in [5, 5.41) is 0. The van der Waals surface area contributed by atoms with Gasteiger partial charge in [-0.3, -0.25) is 4.79 Å². The SMILES string of the molecule is CC1Cc2ccc(N3CCCC3=O)cc2N1C1CCN(CCc2ccc(F)cc2)CC1. The largest absolute Gasteiger partial charge is 0.365 e. The second-order valence-electron chi connectivity index (χ2n) is 9.37. The zero-order valence-corrected chi connectivity index (χ0v) is 18.4. The Morgan fingerprint density at radius 1 is 1.03 bits per heavy atom. The van der Waals surface area contributed by atoms with Crippen LogP contribution in [0.15, 0.2) is 42.5 Å². The van der Waals surface area contributed by atoms with Crippen LogP contribution in [0.5, 0.6) is 0 Å². The van der Waals surface area contributed by atoms with E-state index in [9.17, 15) is 9.18 Å². The molecule has 3 heterocycles. The number of benzene rings is 2. The van der Waals surface area contributed by atoms with Gasteiger partial charge in [0.1, 0.15) is 5.82 Å². The number of hydrogen-bond acceptors (Lipinski definition) is 3. The lowest BCUT2D eigenvalue weighted by Crippen LogP contribution is -2.47. The molecule has 0 N–H and O–H groups in total. The van der Waals surface area contributed by atoms with Crippen LogP contribution in [0.25, 0.3) is 0 Å². The van der Waals surface area contributed by atoms with E-state index >= 15 is 0 Å². The molecule has 1 unspecified atom stereocenters. The van der Waals surface area contributed by atoms with Crippen molar-refractivity contribution in [3.8, 4) is 0 Å². The van der Waals surface area contributed by atoms with Crippen LogP contribution in [0, 0.1) is 5.82 Å². The molecule has 2 fully saturated rings. The number of halogens is 1. The minimum Gasteiger partial charge on any atom is -0.365 e. The molecular weight excluding hydrogens is 389 g/mol. The van der Waals surface area contributed by atoms with E-state index in [1.807, 2.05) is 17.0 Å². The highest BCUT2D eigenvalue weighted by Gasteiger charge is 2.34. The number of nitrogens with zero attached hydrogens (tertiary/aromatic N) is 3. The third-order valence-electron chi connectivity index (χ3n) is 7.30. The van der Waals surface area contributed by atoms with Crippen LogP contribution in [0.1, 0.15) is 43.7 Å². The van der Waals surface area contributed by atoms with E-state index in [4.69, 9.17) is 0 Å². The molecule has 0 spiro atoms. The van der Waals surface area contributed by atoms with Crippen LogP contribution < -0.4 is 9.80 Å². The summed E-state index contributed by atoms with van der Waals surface area (Å²) in [4.78, 5) is 19.4. The number of piperidine rings is 1. The molecule has 0 radical (unpaired) electrons. The van der Waals surface area contributed by atoms with Gasteiger partial charge in [0.15, 0.2) is 0 Å². The van der Waals surface area contributed by atoms with Gasteiger partial charge in [0, 0.05) is 56.1 Å². The molecule has 3 aliphatic rings. The molecule has 3 aliphatic heterocycles. The second kappa shape index (κ2) is 8.62. The number of amides is 1. The summed E-state index contributed by atoms with van der Waals surface area (Å²) in [6.45, 7) is 6.43. The first kappa shape index (κ1) is 20.5. The molecule has 5 rings (SSSR count). The van der Waals surface area contributed by atoms with Gasteiger partial charge < -0.3 is 14.7 Å². The fourth-order valence-corrected chi connectivity index (χ4v) is 5.62. The van der Waals surface area contributed by atoms with Crippen molar-refractivity contribution in [2.45, 2.75) is 57.5 Å². The standard InChI is InChI=1S/C26H32FN3O/c1-19-17-21-6-9-24(29-13-2-3-26(29)31)18-25(21)30(19)23-11-15-28(16-12-23)14-10-20-4-7-22(27)8-5-20/h4-9,18-19,23H,2-3,10-17H2,1H3. The summed E-state index contributed by atoms with van der Waals surface area (Å²) in [6.07, 6.45) is 6.04. The summed E-state index contributed by atoms with van der Waals surface area (Å²) < 4.78 is 13.1. The van der Waals surface area contributed by atoms with E-state index < -0.39 is 0 Å². The normalized spacial score (nSPS) is 22.4. The first-order valence-corrected chi connectivity index (χ1v) is 11.8. The van der Waals surface area contributed by atoms with Crippen molar-refractivity contribution in [2.24, 2.45) is 0 Å². The lowest BCUT2D eigenvalue weighted by molar-refractivity contribution is -0.117. The molecule has 31 heavy (non-hydrogen) atoms. The Bertz CT molecular complexity index is 936. The number of anilines is 2. The Kier molecular flexibility index (Phi) is 5.70. The molecule has 1 atom stereocenters. The number of fused-ring (bicyclic) bond motifs is 1. The average molecular weight is 422 g/mol. The van der Waals surface area contributed by atoms with Crippen molar-refractivity contribution >= 4 is 17.3 Å². The maximum atomic E-state index is 13.1. The van der Waals surface area contributed by atoms with Gasteiger partial charge in [0.05, 0.1) is 0 Å². The maximum absolute atomic E-state index is 13.1. The van der Waals surface area contributed by atoms with E-state index in [0.29, 0.717) is 18.5 Å². The van der Waals surface area contributed by atoms with Gasteiger partial charge in [-0.25, -0.2) is 4.39 Å². The van der Waals surface area contributed by atoms with Crippen molar-refractivity contribution in [3.05, 3.63) is 59.4 Å². The van der Waals surface area contributed by atoms with E-state index in [2.05, 4.69) is 34.9 Å². The quantitative estimate of drug-likeness (QED) is 0.716. The van der Waals surface area contributed by atoms with Gasteiger partial charge in [-0.05, 0) is 74.4 Å². The summed E-state index contributed by atoms with van der Waals surface area (Å²) in [5.74, 6) is 0.0915. The van der Waals surface area contributed by atoms with E-state index in [1.165, 1.54) is 29.7 Å². The van der Waals surface area contributed by atoms with Gasteiger partial charge >= 0.3 is 0 Å². The summed E-state index contributed by atoms with van der Waals surface area (Å²) in [6, 6.07) is 14.6. The number of likely N-dealkylation sites (tertiary alicyclic amines) is 1. The number of carbonyl (C=O) groups excluding carboxylic acids is 1. The molecule has 5 heteroatoms. The fourth-order valence-electron chi connectivity index (χ4n) is 5.62. The monoisotopic (exact) mass is 421 g/mol. The molecule has 0 aromatic heterocycles. The molecule has 0 aliphatic carbocycles. The Hall–Kier alpha value is -2.40. The summed E-state index contributed by atoms with van der Waals surface area (Å²) in [5.41, 5.74) is 5.03. The highest BCUT2D eigenvalue weighted by atomic mass is 19.1. The molecule has 0 bridgehead atoms. The van der Waals surface area contributed by atoms with Gasteiger partial charge in [-0.1, -0.05) is 18.2 Å². The highest BCUT2D eigenvalue weighted by Crippen LogP contribution is 2.39. The van der Waals surface area contributed by atoms with Crippen LogP contribution in [0.3, 0.4) is 0 Å². The minimum atomic E-state index is -0.165. The lowest BCUT2D eigenvalue weighted by Gasteiger charge is -2.40. The highest BCUT2D eigenvalue weighted by molar-refractivity contribution is 5.96. The number of carbonyl (C=O) groups is 1. The molecule has 164 valence electrons. The average Bonchev–Trinajstić information content (AvgIpc) is 3.35. The summed E-state index contributed by atoms with van der Waals surface area (Å²) >= 11 is 0.